The van der Waals surface area contributed by atoms with Crippen molar-refractivity contribution < 1.29 is 8.42 Å². The lowest BCUT2D eigenvalue weighted by atomic mass is 10.3. The van der Waals surface area contributed by atoms with Gasteiger partial charge in [-0.15, -0.1) is 0 Å². The van der Waals surface area contributed by atoms with Crippen LogP contribution in [0, 0.1) is 0 Å². The quantitative estimate of drug-likeness (QED) is 0.365. The number of anilines is 1. The standard InChI is InChI=1S/C8H15N5O2S/c1-2-3-4-12-16(14,15)7-5-10-8(13-9)11-6-7/h5-6,12H,2-4,9H2,1H3,(H,10,11,13). The van der Waals surface area contributed by atoms with Gasteiger partial charge in [0.15, 0.2) is 0 Å². The van der Waals surface area contributed by atoms with E-state index in [4.69, 9.17) is 5.84 Å². The van der Waals surface area contributed by atoms with Gasteiger partial charge in [-0.1, -0.05) is 13.3 Å². The van der Waals surface area contributed by atoms with Crippen LogP contribution >= 0.6 is 0 Å². The maximum Gasteiger partial charge on any atom is 0.243 e. The minimum Gasteiger partial charge on any atom is -0.292 e. The Morgan fingerprint density at radius 1 is 1.38 bits per heavy atom. The molecule has 0 radical (unpaired) electrons. The van der Waals surface area contributed by atoms with E-state index < -0.39 is 10.0 Å². The fraction of sp³-hybridized carbons (Fsp3) is 0.500. The van der Waals surface area contributed by atoms with Crippen LogP contribution in [0.3, 0.4) is 0 Å². The number of rotatable bonds is 6. The highest BCUT2D eigenvalue weighted by Gasteiger charge is 2.13. The van der Waals surface area contributed by atoms with Crippen molar-refractivity contribution in [1.82, 2.24) is 14.7 Å². The predicted octanol–water partition coefficient (Wildman–Crippen LogP) is -0.159. The average molecular weight is 245 g/mol. The molecule has 1 aromatic heterocycles. The van der Waals surface area contributed by atoms with Crippen LogP contribution in [0.4, 0.5) is 5.95 Å². The van der Waals surface area contributed by atoms with E-state index in [1.807, 2.05) is 6.92 Å². The zero-order valence-electron chi connectivity index (χ0n) is 8.97. The van der Waals surface area contributed by atoms with Crippen molar-refractivity contribution >= 4 is 16.0 Å². The van der Waals surface area contributed by atoms with Crippen LogP contribution in [0.5, 0.6) is 0 Å². The number of nitrogen functional groups attached to an aromatic ring is 1. The Morgan fingerprint density at radius 3 is 2.50 bits per heavy atom. The molecule has 8 heteroatoms. The molecule has 90 valence electrons. The van der Waals surface area contributed by atoms with E-state index in [0.29, 0.717) is 6.54 Å². The van der Waals surface area contributed by atoms with Gasteiger partial charge >= 0.3 is 0 Å². The number of hydrazine groups is 1. The van der Waals surface area contributed by atoms with E-state index >= 15 is 0 Å². The Hall–Kier alpha value is -1.25. The van der Waals surface area contributed by atoms with Gasteiger partial charge in [-0.25, -0.2) is 29.0 Å². The third-order valence-corrected chi connectivity index (χ3v) is 3.31. The van der Waals surface area contributed by atoms with Gasteiger partial charge in [-0.2, -0.15) is 0 Å². The van der Waals surface area contributed by atoms with Crippen molar-refractivity contribution in [2.45, 2.75) is 24.7 Å². The van der Waals surface area contributed by atoms with E-state index in [1.54, 1.807) is 0 Å². The molecule has 0 unspecified atom stereocenters. The molecule has 7 nitrogen and oxygen atoms in total. The smallest absolute Gasteiger partial charge is 0.243 e. The highest BCUT2D eigenvalue weighted by atomic mass is 32.2. The Morgan fingerprint density at radius 2 is 2.00 bits per heavy atom. The summed E-state index contributed by atoms with van der Waals surface area (Å²) in [5.41, 5.74) is 2.22. The number of sulfonamides is 1. The molecule has 0 aliphatic carbocycles. The number of unbranched alkanes of at least 4 members (excludes halogenated alkanes) is 1. The van der Waals surface area contributed by atoms with Gasteiger partial charge in [0, 0.05) is 6.54 Å². The Balaban J connectivity index is 2.74. The van der Waals surface area contributed by atoms with Crippen LogP contribution < -0.4 is 16.0 Å². The Labute approximate surface area is 94.5 Å². The minimum absolute atomic E-state index is 0.0302. The van der Waals surface area contributed by atoms with Crippen molar-refractivity contribution in [2.24, 2.45) is 5.84 Å². The first-order chi connectivity index (χ1) is 7.60. The molecule has 4 N–H and O–H groups in total. The molecule has 1 aromatic rings. The van der Waals surface area contributed by atoms with Crippen LogP contribution in [-0.4, -0.2) is 24.9 Å². The lowest BCUT2D eigenvalue weighted by Crippen LogP contribution is -2.25. The summed E-state index contributed by atoms with van der Waals surface area (Å²) in [5, 5.41) is 0. The van der Waals surface area contributed by atoms with Gasteiger partial charge in [0.1, 0.15) is 4.90 Å². The van der Waals surface area contributed by atoms with Crippen molar-refractivity contribution in [2.75, 3.05) is 12.0 Å². The fourth-order valence-corrected chi connectivity index (χ4v) is 1.96. The zero-order valence-corrected chi connectivity index (χ0v) is 9.79. The summed E-state index contributed by atoms with van der Waals surface area (Å²) >= 11 is 0. The van der Waals surface area contributed by atoms with Gasteiger partial charge in [0.25, 0.3) is 0 Å². The number of hydrogen-bond acceptors (Lipinski definition) is 6. The van der Waals surface area contributed by atoms with Gasteiger partial charge in [-0.05, 0) is 6.42 Å². The van der Waals surface area contributed by atoms with Crippen LogP contribution in [0.15, 0.2) is 17.3 Å². The molecule has 0 bridgehead atoms. The topological polar surface area (TPSA) is 110 Å². The van der Waals surface area contributed by atoms with Crippen molar-refractivity contribution in [3.8, 4) is 0 Å². The van der Waals surface area contributed by atoms with Crippen LogP contribution in [0.1, 0.15) is 19.8 Å². The summed E-state index contributed by atoms with van der Waals surface area (Å²) < 4.78 is 25.8. The predicted molar refractivity (Wildman–Crippen MR) is 59.9 cm³/mol. The molecule has 0 saturated heterocycles. The highest BCUT2D eigenvalue weighted by Crippen LogP contribution is 2.06. The molecule has 0 atom stereocenters. The molecule has 16 heavy (non-hydrogen) atoms. The first-order valence-electron chi connectivity index (χ1n) is 4.88. The summed E-state index contributed by atoms with van der Waals surface area (Å²) in [6, 6.07) is 0. The average Bonchev–Trinajstić information content (AvgIpc) is 2.29. The molecular weight excluding hydrogens is 230 g/mol. The second kappa shape index (κ2) is 5.73. The monoisotopic (exact) mass is 245 g/mol. The van der Waals surface area contributed by atoms with Crippen LogP contribution in [-0.2, 0) is 10.0 Å². The maximum absolute atomic E-state index is 11.7. The third kappa shape index (κ3) is 3.40. The first kappa shape index (κ1) is 12.8. The summed E-state index contributed by atoms with van der Waals surface area (Å²) in [6.07, 6.45) is 4.13. The van der Waals surface area contributed by atoms with Gasteiger partial charge < -0.3 is 0 Å². The number of hydrogen-bond donors (Lipinski definition) is 3. The molecular formula is C8H15N5O2S. The number of nitrogens with one attached hydrogen (secondary N) is 2. The number of nitrogens with zero attached hydrogens (tertiary/aromatic N) is 2. The van der Waals surface area contributed by atoms with E-state index in [2.05, 4.69) is 20.1 Å². The first-order valence-corrected chi connectivity index (χ1v) is 6.37. The molecule has 0 aliphatic heterocycles. The van der Waals surface area contributed by atoms with E-state index in [1.165, 1.54) is 12.4 Å². The van der Waals surface area contributed by atoms with Gasteiger partial charge in [0.05, 0.1) is 12.4 Å². The zero-order chi connectivity index (χ0) is 12.0. The Kier molecular flexibility index (Phi) is 4.59. The third-order valence-electron chi connectivity index (χ3n) is 1.89. The fourth-order valence-electron chi connectivity index (χ4n) is 0.996. The molecule has 0 spiro atoms. The van der Waals surface area contributed by atoms with Crippen molar-refractivity contribution in [1.29, 1.82) is 0 Å². The SMILES string of the molecule is CCCCNS(=O)(=O)c1cnc(NN)nc1. The van der Waals surface area contributed by atoms with E-state index in [9.17, 15) is 8.42 Å². The molecule has 0 aromatic carbocycles. The summed E-state index contributed by atoms with van der Waals surface area (Å²) in [6.45, 7) is 2.40. The minimum atomic E-state index is -3.50. The van der Waals surface area contributed by atoms with E-state index in [0.717, 1.165) is 12.8 Å². The highest BCUT2D eigenvalue weighted by molar-refractivity contribution is 7.89. The number of nitrogens with two attached hydrogens (primary N) is 1. The normalized spacial score (nSPS) is 11.4. The second-order valence-electron chi connectivity index (χ2n) is 3.14. The van der Waals surface area contributed by atoms with Crippen LogP contribution in [0.2, 0.25) is 0 Å². The molecule has 0 fully saturated rings. The van der Waals surface area contributed by atoms with Crippen LogP contribution in [0.25, 0.3) is 0 Å². The number of aromatic nitrogens is 2. The van der Waals surface area contributed by atoms with Crippen molar-refractivity contribution in [3.05, 3.63) is 12.4 Å². The molecule has 1 rings (SSSR count). The second-order valence-corrected chi connectivity index (χ2v) is 4.90. The van der Waals surface area contributed by atoms with Gasteiger partial charge in [-0.3, -0.25) is 5.43 Å². The largest absolute Gasteiger partial charge is 0.292 e. The summed E-state index contributed by atoms with van der Waals surface area (Å²) in [5.74, 6) is 5.24. The molecule has 1 heterocycles. The molecule has 0 aliphatic rings. The lowest BCUT2D eigenvalue weighted by Gasteiger charge is -2.05. The van der Waals surface area contributed by atoms with Gasteiger partial charge in [0.2, 0.25) is 16.0 Å². The lowest BCUT2D eigenvalue weighted by molar-refractivity contribution is 0.577. The van der Waals surface area contributed by atoms with E-state index in [-0.39, 0.29) is 10.8 Å². The molecule has 0 amide bonds. The molecule has 0 saturated carbocycles. The summed E-state index contributed by atoms with van der Waals surface area (Å²) in [7, 11) is -3.50. The Bertz CT molecular complexity index is 417. The summed E-state index contributed by atoms with van der Waals surface area (Å²) in [4.78, 5) is 7.48. The van der Waals surface area contributed by atoms with Crippen molar-refractivity contribution in [3.63, 3.8) is 0 Å². The maximum atomic E-state index is 11.7.